The summed E-state index contributed by atoms with van der Waals surface area (Å²) in [4.78, 5) is 41.0. The first kappa shape index (κ1) is 69.9. The molecule has 0 unspecified atom stereocenters. The minimum Gasteiger partial charge on any atom is -0.508 e. The zero-order valence-corrected chi connectivity index (χ0v) is 51.0. The second-order valence-electron chi connectivity index (χ2n) is 18.9. The summed E-state index contributed by atoms with van der Waals surface area (Å²) in [5, 5.41) is 30.6. The molecule has 0 bridgehead atoms. The summed E-state index contributed by atoms with van der Waals surface area (Å²) < 4.78 is 166. The highest BCUT2D eigenvalue weighted by Crippen LogP contribution is 2.38. The number of nitrogens with two attached hydrogens (primary N) is 1. The minimum atomic E-state index is -4.67. The van der Waals surface area contributed by atoms with Crippen molar-refractivity contribution in [3.8, 4) is 17.2 Å². The molecule has 0 saturated heterocycles. The molecule has 9 rings (SSSR count). The highest BCUT2D eigenvalue weighted by atomic mass is 35.7. The Hall–Kier alpha value is -7.88. The lowest BCUT2D eigenvalue weighted by Gasteiger charge is -2.29. The van der Waals surface area contributed by atoms with Crippen molar-refractivity contribution in [1.29, 1.82) is 0 Å². The van der Waals surface area contributed by atoms with Crippen molar-refractivity contribution < 1.29 is 75.3 Å². The molecule has 4 aliphatic rings. The molecule has 24 nitrogen and oxygen atoms in total. The van der Waals surface area contributed by atoms with E-state index < -0.39 is 112 Å². The first-order chi connectivity index (χ1) is 40.9. The number of anilines is 2. The third kappa shape index (κ3) is 18.8. The molecule has 87 heavy (non-hydrogen) atoms. The number of phenols is 1. The van der Waals surface area contributed by atoms with E-state index in [-0.39, 0.29) is 50.9 Å². The molecule has 4 heterocycles. The SMILES string of the molecule is CCCS(=O)(=O)Cc1cccc(Oc2ccc3c(c2)C2=NCCCN2C=N3)c1F.CCCS(=O)(=O)Cl.CCCS(=O)(=O)N(c1c([N+](=O)[O-])ccc(F)c1F)S(=O)(=O)CCC.Nc1c([N+](=O)[O-])ccc(F)c1F.Oc1ccc2c(c1)C1=NCCCN1C=N2. The molecule has 0 aliphatic carbocycles. The summed E-state index contributed by atoms with van der Waals surface area (Å²) in [6.07, 6.45) is 6.67. The van der Waals surface area contributed by atoms with Crippen LogP contribution in [0, 0.1) is 49.3 Å². The Morgan fingerprint density at radius 2 is 1.14 bits per heavy atom. The zero-order chi connectivity index (χ0) is 64.6. The van der Waals surface area contributed by atoms with Crippen LogP contribution in [0.5, 0.6) is 17.2 Å². The number of aliphatic imine (C=N–C) groups is 4. The van der Waals surface area contributed by atoms with Gasteiger partial charge >= 0.3 is 0 Å². The van der Waals surface area contributed by atoms with E-state index in [1.165, 1.54) is 26.0 Å². The molecular formula is C53H60ClF5N10O14S4. The lowest BCUT2D eigenvalue weighted by Crippen LogP contribution is -2.41. The number of nitro groups is 2. The van der Waals surface area contributed by atoms with E-state index in [1.807, 2.05) is 28.3 Å². The Labute approximate surface area is 503 Å². The number of phenolic OH excluding ortho intramolecular Hbond substituents is 1. The summed E-state index contributed by atoms with van der Waals surface area (Å²) in [7, 11) is -11.1. The quantitative estimate of drug-likeness (QED) is 0.0287. The van der Waals surface area contributed by atoms with Crippen molar-refractivity contribution in [2.45, 2.75) is 72.0 Å². The van der Waals surface area contributed by atoms with Gasteiger partial charge in [0.1, 0.15) is 28.9 Å². The number of nitrogen functional groups attached to an aromatic ring is 1. The van der Waals surface area contributed by atoms with Crippen LogP contribution in [0.1, 0.15) is 82.9 Å². The van der Waals surface area contributed by atoms with Gasteiger partial charge in [-0.1, -0.05) is 39.8 Å². The number of hydrogen-bond acceptors (Lipinski definition) is 21. The molecule has 5 aromatic rings. The number of hydrogen-bond donors (Lipinski definition) is 2. The summed E-state index contributed by atoms with van der Waals surface area (Å²) in [5.74, 6) is -5.91. The number of sulfonamides is 2. The Kier molecular flexibility index (Phi) is 24.6. The number of ether oxygens (including phenoxy) is 1. The number of benzene rings is 5. The maximum Gasteiger partial charge on any atom is 0.298 e. The Morgan fingerprint density at radius 3 is 1.63 bits per heavy atom. The van der Waals surface area contributed by atoms with E-state index >= 15 is 0 Å². The first-order valence-electron chi connectivity index (χ1n) is 26.4. The molecule has 5 aromatic carbocycles. The van der Waals surface area contributed by atoms with Gasteiger partial charge in [0.15, 0.2) is 50.4 Å². The van der Waals surface area contributed by atoms with Crippen LogP contribution in [0.4, 0.5) is 56.1 Å². The van der Waals surface area contributed by atoms with Crippen molar-refractivity contribution in [2.75, 3.05) is 58.6 Å². The smallest absolute Gasteiger partial charge is 0.298 e. The normalized spacial score (nSPS) is 14.0. The number of sulfone groups is 1. The molecule has 0 saturated carbocycles. The van der Waals surface area contributed by atoms with Crippen LogP contribution in [0.3, 0.4) is 0 Å². The van der Waals surface area contributed by atoms with Crippen molar-refractivity contribution in [2.24, 2.45) is 20.0 Å². The lowest BCUT2D eigenvalue weighted by atomic mass is 10.1. The molecule has 0 radical (unpaired) electrons. The fourth-order valence-corrected chi connectivity index (χ4v) is 14.8. The van der Waals surface area contributed by atoms with Crippen LogP contribution in [0.25, 0.3) is 0 Å². The van der Waals surface area contributed by atoms with Crippen LogP contribution in [-0.2, 0) is 44.7 Å². The van der Waals surface area contributed by atoms with E-state index in [0.29, 0.717) is 36.8 Å². The van der Waals surface area contributed by atoms with Gasteiger partial charge in [0, 0.05) is 65.7 Å². The highest BCUT2D eigenvalue weighted by molar-refractivity contribution is 8.13. The number of rotatable bonds is 17. The van der Waals surface area contributed by atoms with E-state index in [0.717, 1.165) is 79.3 Å². The van der Waals surface area contributed by atoms with Gasteiger partial charge in [-0.2, -0.15) is 3.71 Å². The minimum absolute atomic E-state index is 0.00380. The standard InChI is InChI=1S/C21H22FN3O3S.C12H16F2N2O6S2.C11H11N3O.C6H4F2N2O2.C3H7ClO2S/c1-2-11-29(26,27)13-15-5-3-6-19(20(15)22)28-16-7-8-18-17(12-16)21-23-9-4-10-25(21)14-24-18;1-3-7-23(19,20)16(24(21,22)8-4-2)12-10(15(17)18)6-5-9(13)11(12)14;15-8-2-3-10-9(6-8)11-12-4-1-5-14(11)7-13-10;7-3-1-2-4(10(11)12)6(9)5(3)8;1-2-3-7(4,5)6/h3,5-8,12,14H,2,4,9-11,13H2,1H3;5-6H,3-4,7-8H2,1-2H3;2-3,6-7,15H,1,4-5H2;1-2H,9H2;2-3H2,1H3. The third-order valence-electron chi connectivity index (χ3n) is 12.1. The Bertz CT molecular complexity index is 3920. The average molecular weight is 1320 g/mol. The predicted octanol–water partition coefficient (Wildman–Crippen LogP) is 10.2. The van der Waals surface area contributed by atoms with Gasteiger partial charge in [-0.25, -0.2) is 65.6 Å². The third-order valence-corrected chi connectivity index (χ3v) is 19.8. The predicted molar refractivity (Wildman–Crippen MR) is 322 cm³/mol. The van der Waals surface area contributed by atoms with Crippen LogP contribution in [0.2, 0.25) is 0 Å². The Balaban J connectivity index is 0.000000213. The molecule has 4 aliphatic heterocycles. The van der Waals surface area contributed by atoms with Crippen LogP contribution >= 0.6 is 10.7 Å². The zero-order valence-electron chi connectivity index (χ0n) is 47.0. The number of amidine groups is 2. The van der Waals surface area contributed by atoms with Crippen LogP contribution in [-0.4, -0.2) is 132 Å². The van der Waals surface area contributed by atoms with E-state index in [4.69, 9.17) is 21.2 Å². The van der Waals surface area contributed by atoms with E-state index in [9.17, 15) is 81.0 Å². The molecule has 34 heteroatoms. The largest absolute Gasteiger partial charge is 0.508 e. The van der Waals surface area contributed by atoms with Gasteiger partial charge in [-0.15, -0.1) is 0 Å². The average Bonchev–Trinajstić information content (AvgIpc) is 0.873. The number of aromatic hydroxyl groups is 1. The molecular weight excluding hydrogens is 1260 g/mol. The van der Waals surface area contributed by atoms with Crippen molar-refractivity contribution in [3.05, 3.63) is 145 Å². The van der Waals surface area contributed by atoms with Gasteiger partial charge in [0.25, 0.3) is 11.4 Å². The molecule has 0 spiro atoms. The van der Waals surface area contributed by atoms with Gasteiger partial charge in [0.2, 0.25) is 29.1 Å². The number of halogens is 6. The molecule has 0 amide bonds. The second kappa shape index (κ2) is 30.7. The molecule has 0 fully saturated rings. The first-order valence-corrected chi connectivity index (χ1v) is 33.9. The van der Waals surface area contributed by atoms with Gasteiger partial charge in [-0.05, 0) is 93.1 Å². The summed E-state index contributed by atoms with van der Waals surface area (Å²) in [6.45, 7) is 9.83. The topological polar surface area (TPSA) is 337 Å². The number of nitro benzene ring substituents is 2. The number of fused-ring (bicyclic) bond motifs is 6. The molecule has 3 N–H and O–H groups in total. The number of nitrogens with zero attached hydrogens (tertiary/aromatic N) is 9. The van der Waals surface area contributed by atoms with E-state index in [1.54, 1.807) is 50.5 Å². The van der Waals surface area contributed by atoms with Gasteiger partial charge in [-0.3, -0.25) is 30.2 Å². The van der Waals surface area contributed by atoms with Gasteiger partial charge < -0.3 is 25.4 Å². The Morgan fingerprint density at radius 1 is 0.644 bits per heavy atom. The lowest BCUT2D eigenvalue weighted by molar-refractivity contribution is -0.384. The highest BCUT2D eigenvalue weighted by Gasteiger charge is 2.41. The summed E-state index contributed by atoms with van der Waals surface area (Å²) in [5.41, 5.74) is 4.48. The summed E-state index contributed by atoms with van der Waals surface area (Å²) >= 11 is 0. The molecule has 472 valence electrons. The maximum absolute atomic E-state index is 14.9. The second-order valence-corrected chi connectivity index (χ2v) is 28.1. The van der Waals surface area contributed by atoms with E-state index in [2.05, 4.69) is 20.0 Å². The van der Waals surface area contributed by atoms with Crippen molar-refractivity contribution in [1.82, 2.24) is 9.80 Å². The molecule has 0 atom stereocenters. The van der Waals surface area contributed by atoms with Crippen molar-refractivity contribution in [3.63, 3.8) is 0 Å². The van der Waals surface area contributed by atoms with Gasteiger partial charge in [0.05, 0.1) is 62.7 Å². The van der Waals surface area contributed by atoms with Crippen molar-refractivity contribution >= 4 is 108 Å². The van der Waals surface area contributed by atoms with Crippen LogP contribution in [0.15, 0.2) is 98.8 Å². The maximum atomic E-state index is 14.9. The molecule has 0 aromatic heterocycles. The monoisotopic (exact) mass is 1320 g/mol. The fraction of sp³-hybridized carbons (Fsp3) is 0.358. The fourth-order valence-electron chi connectivity index (χ4n) is 8.34. The summed E-state index contributed by atoms with van der Waals surface area (Å²) in [6, 6.07) is 17.5. The van der Waals surface area contributed by atoms with Crippen LogP contribution < -0.4 is 14.2 Å².